The summed E-state index contributed by atoms with van der Waals surface area (Å²) in [5.41, 5.74) is 2.32. The largest absolute Gasteiger partial charge is 0.229 e. The molecule has 1 aromatic heterocycles. The zero-order valence-corrected chi connectivity index (χ0v) is 17.1. The van der Waals surface area contributed by atoms with Gasteiger partial charge in [-0.2, -0.15) is 0 Å². The molecule has 26 heavy (non-hydrogen) atoms. The Kier molecular flexibility index (Phi) is 6.92. The Bertz CT molecular complexity index is 790. The van der Waals surface area contributed by atoms with E-state index < -0.39 is 14.6 Å². The van der Waals surface area contributed by atoms with Crippen molar-refractivity contribution in [1.82, 2.24) is 20.2 Å². The molecule has 0 atom stereocenters. The van der Waals surface area contributed by atoms with Crippen LogP contribution in [-0.4, -0.2) is 39.1 Å². The van der Waals surface area contributed by atoms with Crippen LogP contribution >= 0.6 is 0 Å². The Morgan fingerprint density at radius 2 is 1.58 bits per heavy atom. The van der Waals surface area contributed by atoms with Crippen LogP contribution in [0.2, 0.25) is 0 Å². The standard InChI is InChI=1S/C19H30N4O2S/c1-19(2,3)26(24,25)15-9-7-5-6-8-10-16-11-13-17(14-12-16)18-20-21-22-23(18)4/h11-14H,5-10,15H2,1-4H3. The van der Waals surface area contributed by atoms with E-state index in [1.165, 1.54) is 5.56 Å². The van der Waals surface area contributed by atoms with Crippen LogP contribution in [0.25, 0.3) is 11.4 Å². The maximum atomic E-state index is 12.0. The molecule has 0 fully saturated rings. The van der Waals surface area contributed by atoms with Crippen molar-refractivity contribution in [3.8, 4) is 11.4 Å². The van der Waals surface area contributed by atoms with Gasteiger partial charge in [0.25, 0.3) is 0 Å². The van der Waals surface area contributed by atoms with E-state index in [2.05, 4.69) is 39.8 Å². The minimum atomic E-state index is -2.98. The number of hydrogen-bond acceptors (Lipinski definition) is 5. The number of rotatable bonds is 9. The highest BCUT2D eigenvalue weighted by molar-refractivity contribution is 7.92. The van der Waals surface area contributed by atoms with E-state index in [9.17, 15) is 8.42 Å². The summed E-state index contributed by atoms with van der Waals surface area (Å²) in [6, 6.07) is 8.36. The summed E-state index contributed by atoms with van der Waals surface area (Å²) in [5, 5.41) is 11.5. The average Bonchev–Trinajstić information content (AvgIpc) is 2.99. The first-order valence-electron chi connectivity index (χ1n) is 9.25. The van der Waals surface area contributed by atoms with Crippen LogP contribution in [0, 0.1) is 0 Å². The molecule has 2 rings (SSSR count). The summed E-state index contributed by atoms with van der Waals surface area (Å²) in [6.07, 6.45) is 6.12. The van der Waals surface area contributed by atoms with Gasteiger partial charge in [-0.3, -0.25) is 0 Å². The van der Waals surface area contributed by atoms with Gasteiger partial charge in [0.1, 0.15) is 0 Å². The Morgan fingerprint density at radius 1 is 0.962 bits per heavy atom. The Balaban J connectivity index is 1.65. The lowest BCUT2D eigenvalue weighted by Crippen LogP contribution is -2.30. The second-order valence-corrected chi connectivity index (χ2v) is 10.6. The molecule has 0 aliphatic carbocycles. The van der Waals surface area contributed by atoms with Gasteiger partial charge in [-0.25, -0.2) is 13.1 Å². The first-order valence-corrected chi connectivity index (χ1v) is 10.9. The number of aromatic nitrogens is 4. The molecule has 144 valence electrons. The fourth-order valence-electron chi connectivity index (χ4n) is 2.75. The van der Waals surface area contributed by atoms with E-state index >= 15 is 0 Å². The molecule has 0 amide bonds. The van der Waals surface area contributed by atoms with E-state index in [0.29, 0.717) is 5.75 Å². The number of sulfone groups is 1. The van der Waals surface area contributed by atoms with Crippen LogP contribution in [0.3, 0.4) is 0 Å². The van der Waals surface area contributed by atoms with Crippen molar-refractivity contribution < 1.29 is 8.42 Å². The van der Waals surface area contributed by atoms with Crippen LogP contribution in [-0.2, 0) is 23.3 Å². The van der Waals surface area contributed by atoms with Gasteiger partial charge in [0.05, 0.1) is 10.5 Å². The minimum absolute atomic E-state index is 0.300. The summed E-state index contributed by atoms with van der Waals surface area (Å²) >= 11 is 0. The van der Waals surface area contributed by atoms with Gasteiger partial charge < -0.3 is 0 Å². The van der Waals surface area contributed by atoms with Gasteiger partial charge >= 0.3 is 0 Å². The van der Waals surface area contributed by atoms with Gasteiger partial charge in [0.2, 0.25) is 0 Å². The second-order valence-electron chi connectivity index (χ2n) is 7.77. The van der Waals surface area contributed by atoms with Crippen LogP contribution in [0.15, 0.2) is 24.3 Å². The predicted octanol–water partition coefficient (Wildman–Crippen LogP) is 3.58. The molecule has 0 bridgehead atoms. The predicted molar refractivity (Wildman–Crippen MR) is 105 cm³/mol. The monoisotopic (exact) mass is 378 g/mol. The third-order valence-electron chi connectivity index (χ3n) is 4.64. The maximum absolute atomic E-state index is 12.0. The molecular formula is C19H30N4O2S. The molecule has 2 aromatic rings. The lowest BCUT2D eigenvalue weighted by Gasteiger charge is -2.18. The van der Waals surface area contributed by atoms with E-state index in [1.54, 1.807) is 25.5 Å². The summed E-state index contributed by atoms with van der Waals surface area (Å²) in [4.78, 5) is 0. The van der Waals surface area contributed by atoms with Crippen molar-refractivity contribution in [2.24, 2.45) is 7.05 Å². The Morgan fingerprint density at radius 3 is 2.15 bits per heavy atom. The summed E-state index contributed by atoms with van der Waals surface area (Å²) < 4.78 is 25.1. The maximum Gasteiger partial charge on any atom is 0.181 e. The van der Waals surface area contributed by atoms with E-state index in [4.69, 9.17) is 0 Å². The number of benzene rings is 1. The number of aryl methyl sites for hydroxylation is 2. The van der Waals surface area contributed by atoms with Gasteiger partial charge in [0, 0.05) is 12.6 Å². The highest BCUT2D eigenvalue weighted by Crippen LogP contribution is 2.19. The molecule has 6 nitrogen and oxygen atoms in total. The SMILES string of the molecule is Cn1nnnc1-c1ccc(CCCCCCCS(=O)(=O)C(C)(C)C)cc1. The van der Waals surface area contributed by atoms with Crippen LogP contribution < -0.4 is 0 Å². The first-order chi connectivity index (χ1) is 12.2. The van der Waals surface area contributed by atoms with Crippen molar-refractivity contribution in [1.29, 1.82) is 0 Å². The quantitative estimate of drug-likeness (QED) is 0.623. The van der Waals surface area contributed by atoms with Crippen molar-refractivity contribution in [3.05, 3.63) is 29.8 Å². The van der Waals surface area contributed by atoms with E-state index in [0.717, 1.165) is 49.9 Å². The molecule has 0 saturated heterocycles. The third kappa shape index (κ3) is 5.62. The van der Waals surface area contributed by atoms with Gasteiger partial charge in [-0.05, 0) is 56.0 Å². The van der Waals surface area contributed by atoms with Crippen molar-refractivity contribution in [2.75, 3.05) is 5.75 Å². The molecule has 0 radical (unpaired) electrons. The highest BCUT2D eigenvalue weighted by Gasteiger charge is 2.27. The third-order valence-corrected chi connectivity index (χ3v) is 7.34. The Labute approximate surface area is 156 Å². The van der Waals surface area contributed by atoms with Crippen LogP contribution in [0.5, 0.6) is 0 Å². The molecule has 1 heterocycles. The number of hydrogen-bond donors (Lipinski definition) is 0. The molecule has 1 aromatic carbocycles. The van der Waals surface area contributed by atoms with Gasteiger partial charge in [0.15, 0.2) is 15.7 Å². The summed E-state index contributed by atoms with van der Waals surface area (Å²) in [7, 11) is -1.15. The number of unbranched alkanes of at least 4 members (excludes halogenated alkanes) is 4. The topological polar surface area (TPSA) is 77.7 Å². The van der Waals surface area contributed by atoms with Gasteiger partial charge in [-0.15, -0.1) is 5.10 Å². The molecule has 0 unspecified atom stereocenters. The number of tetrazole rings is 1. The van der Waals surface area contributed by atoms with Crippen molar-refractivity contribution in [2.45, 2.75) is 64.0 Å². The van der Waals surface area contributed by atoms with Gasteiger partial charge in [-0.1, -0.05) is 43.5 Å². The smallest absolute Gasteiger partial charge is 0.181 e. The van der Waals surface area contributed by atoms with E-state index in [1.807, 2.05) is 7.05 Å². The zero-order chi connectivity index (χ0) is 19.2. The molecule has 0 saturated carbocycles. The molecule has 0 aliphatic heterocycles. The normalized spacial score (nSPS) is 12.5. The Hall–Kier alpha value is -1.76. The lowest BCUT2D eigenvalue weighted by molar-refractivity contribution is 0.552. The first kappa shape index (κ1) is 20.6. The highest BCUT2D eigenvalue weighted by atomic mass is 32.2. The summed E-state index contributed by atoms with van der Waals surface area (Å²) in [5.74, 6) is 1.07. The van der Waals surface area contributed by atoms with Crippen LogP contribution in [0.1, 0.15) is 58.4 Å². The van der Waals surface area contributed by atoms with Crippen LogP contribution in [0.4, 0.5) is 0 Å². The molecular weight excluding hydrogens is 348 g/mol. The lowest BCUT2D eigenvalue weighted by atomic mass is 10.0. The molecule has 7 heteroatoms. The zero-order valence-electron chi connectivity index (χ0n) is 16.3. The summed E-state index contributed by atoms with van der Waals surface area (Å²) in [6.45, 7) is 5.32. The fraction of sp³-hybridized carbons (Fsp3) is 0.632. The average molecular weight is 379 g/mol. The molecule has 0 N–H and O–H groups in total. The number of nitrogens with zero attached hydrogens (tertiary/aromatic N) is 4. The molecule has 0 spiro atoms. The van der Waals surface area contributed by atoms with Crippen molar-refractivity contribution >= 4 is 9.84 Å². The fourth-order valence-corrected chi connectivity index (χ4v) is 3.95. The molecule has 0 aliphatic rings. The van der Waals surface area contributed by atoms with E-state index in [-0.39, 0.29) is 0 Å². The van der Waals surface area contributed by atoms with Crippen molar-refractivity contribution in [3.63, 3.8) is 0 Å². The second kappa shape index (κ2) is 8.75. The minimum Gasteiger partial charge on any atom is -0.229 e.